The summed E-state index contributed by atoms with van der Waals surface area (Å²) in [6, 6.07) is 19.0. The molecule has 4 N–H and O–H groups in total. The molecule has 1 fully saturated rings. The SMILES string of the molecule is CNCC(=S)c1ccc(CNc2nc(OC3(C)CC3)c3nc(-c4cccc(S(C)(O)O)c4)ccc3n2)cc1. The van der Waals surface area contributed by atoms with E-state index < -0.39 is 10.6 Å². The van der Waals surface area contributed by atoms with Gasteiger partial charge in [-0.05, 0) is 62.2 Å². The van der Waals surface area contributed by atoms with E-state index in [1.165, 1.54) is 6.26 Å². The van der Waals surface area contributed by atoms with Crippen molar-refractivity contribution in [3.63, 3.8) is 0 Å². The zero-order valence-corrected chi connectivity index (χ0v) is 23.2. The maximum atomic E-state index is 10.1. The highest BCUT2D eigenvalue weighted by Gasteiger charge is 2.41. The summed E-state index contributed by atoms with van der Waals surface area (Å²) < 4.78 is 26.5. The molecule has 1 saturated carbocycles. The molecule has 0 unspecified atom stereocenters. The summed E-state index contributed by atoms with van der Waals surface area (Å²) in [5.74, 6) is 0.894. The number of rotatable bonds is 10. The highest BCUT2D eigenvalue weighted by atomic mass is 32.3. The fourth-order valence-electron chi connectivity index (χ4n) is 3.96. The van der Waals surface area contributed by atoms with Crippen molar-refractivity contribution >= 4 is 44.7 Å². The third-order valence-corrected chi connectivity index (χ3v) is 7.97. The Morgan fingerprint density at radius 3 is 2.50 bits per heavy atom. The van der Waals surface area contributed by atoms with Gasteiger partial charge in [0.1, 0.15) is 5.60 Å². The minimum atomic E-state index is -2.84. The van der Waals surface area contributed by atoms with Crippen LogP contribution in [0.15, 0.2) is 65.6 Å². The van der Waals surface area contributed by atoms with Crippen molar-refractivity contribution in [2.75, 3.05) is 25.2 Å². The smallest absolute Gasteiger partial charge is 0.246 e. The van der Waals surface area contributed by atoms with Gasteiger partial charge in [0.05, 0.1) is 16.1 Å². The second kappa shape index (κ2) is 10.5. The molecule has 10 heteroatoms. The van der Waals surface area contributed by atoms with Gasteiger partial charge in [-0.25, -0.2) is 9.97 Å². The Morgan fingerprint density at radius 1 is 1.05 bits per heavy atom. The summed E-state index contributed by atoms with van der Waals surface area (Å²) >= 11 is 5.44. The van der Waals surface area contributed by atoms with E-state index in [9.17, 15) is 9.11 Å². The Balaban J connectivity index is 1.43. The van der Waals surface area contributed by atoms with Gasteiger partial charge in [0, 0.05) is 29.8 Å². The quantitative estimate of drug-likeness (QED) is 0.142. The molecular formula is C28H31N5O3S2. The lowest BCUT2D eigenvalue weighted by Crippen LogP contribution is -2.17. The molecule has 4 aromatic rings. The molecule has 0 amide bonds. The fourth-order valence-corrected chi connectivity index (χ4v) is 4.93. The first-order valence-corrected chi connectivity index (χ1v) is 14.7. The van der Waals surface area contributed by atoms with Crippen molar-refractivity contribution in [3.05, 3.63) is 71.8 Å². The maximum absolute atomic E-state index is 10.1. The molecule has 5 rings (SSSR count). The number of ether oxygens (including phenoxy) is 1. The van der Waals surface area contributed by atoms with Gasteiger partial charge in [-0.15, -0.1) is 0 Å². The number of hydrogen-bond acceptors (Lipinski definition) is 9. The van der Waals surface area contributed by atoms with Crippen LogP contribution in [-0.4, -0.2) is 54.4 Å². The maximum Gasteiger partial charge on any atom is 0.246 e. The number of benzene rings is 2. The monoisotopic (exact) mass is 549 g/mol. The Bertz CT molecular complexity index is 1480. The van der Waals surface area contributed by atoms with Crippen LogP contribution in [0.5, 0.6) is 5.88 Å². The van der Waals surface area contributed by atoms with E-state index in [0.717, 1.165) is 34.4 Å². The average molecular weight is 550 g/mol. The molecule has 198 valence electrons. The number of aromatic nitrogens is 3. The van der Waals surface area contributed by atoms with Gasteiger partial charge in [0.15, 0.2) is 5.52 Å². The van der Waals surface area contributed by atoms with Crippen LogP contribution < -0.4 is 15.4 Å². The first kappa shape index (κ1) is 26.5. The van der Waals surface area contributed by atoms with Crippen LogP contribution in [0, 0.1) is 0 Å². The van der Waals surface area contributed by atoms with E-state index in [-0.39, 0.29) is 5.60 Å². The second-order valence-corrected chi connectivity index (χ2v) is 12.5. The summed E-state index contributed by atoms with van der Waals surface area (Å²) in [4.78, 5) is 15.6. The predicted molar refractivity (Wildman–Crippen MR) is 157 cm³/mol. The van der Waals surface area contributed by atoms with Gasteiger partial charge >= 0.3 is 0 Å². The predicted octanol–water partition coefficient (Wildman–Crippen LogP) is 5.91. The van der Waals surface area contributed by atoms with Crippen molar-refractivity contribution in [1.82, 2.24) is 20.3 Å². The lowest BCUT2D eigenvalue weighted by Gasteiger charge is -2.27. The number of pyridine rings is 1. The summed E-state index contributed by atoms with van der Waals surface area (Å²) in [6.07, 6.45) is 3.33. The zero-order valence-electron chi connectivity index (χ0n) is 21.6. The van der Waals surface area contributed by atoms with Gasteiger partial charge in [-0.2, -0.15) is 15.6 Å². The van der Waals surface area contributed by atoms with Crippen molar-refractivity contribution in [3.8, 4) is 17.1 Å². The van der Waals surface area contributed by atoms with Gasteiger partial charge < -0.3 is 15.4 Å². The number of fused-ring (bicyclic) bond motifs is 1. The van der Waals surface area contributed by atoms with Crippen molar-refractivity contribution < 1.29 is 13.8 Å². The first-order chi connectivity index (χ1) is 18.1. The molecule has 1 aliphatic carbocycles. The molecule has 0 atom stereocenters. The zero-order chi connectivity index (χ0) is 26.9. The van der Waals surface area contributed by atoms with Crippen molar-refractivity contribution in [2.45, 2.75) is 36.8 Å². The summed E-state index contributed by atoms with van der Waals surface area (Å²) in [7, 11) is -0.957. The molecule has 8 nitrogen and oxygen atoms in total. The Hall–Kier alpha value is -3.15. The minimum absolute atomic E-state index is 0.253. The molecule has 0 radical (unpaired) electrons. The topological polar surface area (TPSA) is 112 Å². The van der Waals surface area contributed by atoms with Crippen LogP contribution in [0.4, 0.5) is 5.95 Å². The molecule has 2 aromatic heterocycles. The average Bonchev–Trinajstić information content (AvgIpc) is 3.63. The molecule has 2 aromatic carbocycles. The van der Waals surface area contributed by atoms with Crippen LogP contribution >= 0.6 is 22.8 Å². The molecule has 0 saturated heterocycles. The number of anilines is 1. The Labute approximate surface area is 229 Å². The van der Waals surface area contributed by atoms with E-state index in [1.807, 2.05) is 49.5 Å². The molecule has 0 bridgehead atoms. The summed E-state index contributed by atoms with van der Waals surface area (Å²) in [5, 5.41) is 6.40. The molecule has 1 aliphatic rings. The Morgan fingerprint density at radius 2 is 1.82 bits per heavy atom. The van der Waals surface area contributed by atoms with Crippen molar-refractivity contribution in [1.29, 1.82) is 0 Å². The molecular weight excluding hydrogens is 518 g/mol. The largest absolute Gasteiger partial charge is 0.470 e. The van der Waals surface area contributed by atoms with Gasteiger partial charge in [0.2, 0.25) is 11.8 Å². The lowest BCUT2D eigenvalue weighted by atomic mass is 10.1. The summed E-state index contributed by atoms with van der Waals surface area (Å²) in [6.45, 7) is 3.28. The standard InChI is InChI=1S/C28H31N5O3S2/c1-28(13-14-28)36-26-25-23(12-11-22(31-25)20-5-4-6-21(15-20)38(3,34)35)32-27(33-26)30-16-18-7-9-19(10-8-18)24(37)17-29-2/h4-12,15,29,34-35H,13-14,16-17H2,1-3H3,(H,30,32,33). The molecule has 38 heavy (non-hydrogen) atoms. The number of nitrogens with zero attached hydrogens (tertiary/aromatic N) is 3. The lowest BCUT2D eigenvalue weighted by molar-refractivity contribution is 0.194. The van der Waals surface area contributed by atoms with E-state index >= 15 is 0 Å². The number of nitrogens with one attached hydrogen (secondary N) is 2. The molecule has 0 spiro atoms. The van der Waals surface area contributed by atoms with E-state index in [2.05, 4.69) is 17.6 Å². The normalized spacial score (nSPS) is 14.8. The van der Waals surface area contributed by atoms with Crippen LogP contribution in [0.3, 0.4) is 0 Å². The fraction of sp³-hybridized carbons (Fsp3) is 0.286. The van der Waals surface area contributed by atoms with Crippen LogP contribution in [0.2, 0.25) is 0 Å². The summed E-state index contributed by atoms with van der Waals surface area (Å²) in [5.41, 5.74) is 4.54. The highest BCUT2D eigenvalue weighted by molar-refractivity contribution is 8.23. The molecule has 2 heterocycles. The number of likely N-dealkylation sites (N-methyl/N-ethyl adjacent to an activating group) is 1. The van der Waals surface area contributed by atoms with Crippen LogP contribution in [-0.2, 0) is 6.54 Å². The highest BCUT2D eigenvalue weighted by Crippen LogP contribution is 2.45. The third kappa shape index (κ3) is 6.11. The van der Waals surface area contributed by atoms with Crippen LogP contribution in [0.25, 0.3) is 22.3 Å². The van der Waals surface area contributed by atoms with Gasteiger partial charge in [-0.1, -0.05) is 48.6 Å². The van der Waals surface area contributed by atoms with E-state index in [4.69, 9.17) is 31.9 Å². The first-order valence-electron chi connectivity index (χ1n) is 12.4. The van der Waals surface area contributed by atoms with Crippen molar-refractivity contribution in [2.24, 2.45) is 0 Å². The van der Waals surface area contributed by atoms with Gasteiger partial charge in [-0.3, -0.25) is 9.11 Å². The third-order valence-electron chi connectivity index (χ3n) is 6.45. The second-order valence-electron chi connectivity index (χ2n) is 9.83. The van der Waals surface area contributed by atoms with E-state index in [0.29, 0.717) is 46.5 Å². The van der Waals surface area contributed by atoms with Crippen LogP contribution in [0.1, 0.15) is 30.9 Å². The Kier molecular flexibility index (Phi) is 7.34. The van der Waals surface area contributed by atoms with Gasteiger partial charge in [0.25, 0.3) is 0 Å². The number of hydrogen-bond donors (Lipinski definition) is 4. The minimum Gasteiger partial charge on any atom is -0.470 e. The number of thiocarbonyl (C=S) groups is 1. The van der Waals surface area contributed by atoms with E-state index in [1.54, 1.807) is 18.2 Å². The molecule has 0 aliphatic heterocycles.